The quantitative estimate of drug-likeness (QED) is 0.514. The third-order valence-electron chi connectivity index (χ3n) is 5.18. The molecule has 7 nitrogen and oxygen atoms in total. The largest absolute Gasteiger partial charge is 0.451 e. The summed E-state index contributed by atoms with van der Waals surface area (Å²) in [6.45, 7) is 1.09. The summed E-state index contributed by atoms with van der Waals surface area (Å²) in [5.41, 5.74) is 1.55. The number of benzene rings is 1. The van der Waals surface area contributed by atoms with Crippen molar-refractivity contribution in [3.8, 4) is 0 Å². The summed E-state index contributed by atoms with van der Waals surface area (Å²) in [4.78, 5) is 35.4. The number of nitrogens with one attached hydrogen (secondary N) is 1. The van der Waals surface area contributed by atoms with E-state index in [0.29, 0.717) is 48.2 Å². The van der Waals surface area contributed by atoms with Gasteiger partial charge in [0.25, 0.3) is 5.91 Å². The van der Waals surface area contributed by atoms with Crippen LogP contribution >= 0.6 is 11.8 Å². The van der Waals surface area contributed by atoms with Crippen LogP contribution < -0.4 is 5.32 Å². The van der Waals surface area contributed by atoms with Crippen molar-refractivity contribution < 1.29 is 14.0 Å². The second-order valence-corrected chi connectivity index (χ2v) is 7.85. The Morgan fingerprint density at radius 1 is 1.17 bits per heavy atom. The summed E-state index contributed by atoms with van der Waals surface area (Å²) >= 11 is 1.47. The zero-order chi connectivity index (χ0) is 20.2. The number of fused-ring (bicyclic) bond motifs is 1. The highest BCUT2D eigenvalue weighted by molar-refractivity contribution is 7.98. The Labute approximate surface area is 172 Å². The summed E-state index contributed by atoms with van der Waals surface area (Å²) in [6.07, 6.45) is 4.72. The van der Waals surface area contributed by atoms with Crippen molar-refractivity contribution in [2.45, 2.75) is 23.8 Å². The predicted octanol–water partition coefficient (Wildman–Crippen LogP) is 3.11. The van der Waals surface area contributed by atoms with Crippen molar-refractivity contribution >= 4 is 34.5 Å². The minimum Gasteiger partial charge on any atom is -0.451 e. The van der Waals surface area contributed by atoms with Gasteiger partial charge in [0.1, 0.15) is 5.58 Å². The highest BCUT2D eigenvalue weighted by Gasteiger charge is 2.30. The van der Waals surface area contributed by atoms with Crippen LogP contribution in [0.4, 0.5) is 0 Å². The lowest BCUT2D eigenvalue weighted by Gasteiger charge is -2.30. The van der Waals surface area contributed by atoms with E-state index >= 15 is 0 Å². The maximum absolute atomic E-state index is 13.2. The summed E-state index contributed by atoms with van der Waals surface area (Å²) in [5.74, 6) is 0.788. The number of rotatable bonds is 5. The van der Waals surface area contributed by atoms with Crippen molar-refractivity contribution in [1.29, 1.82) is 0 Å². The Morgan fingerprint density at radius 2 is 1.90 bits per heavy atom. The highest BCUT2D eigenvalue weighted by atomic mass is 32.2. The number of likely N-dealkylation sites (tertiary alicyclic amines) is 1. The number of nitrogens with zero attached hydrogens (tertiary/aromatic N) is 3. The van der Waals surface area contributed by atoms with Crippen LogP contribution in [0.25, 0.3) is 11.0 Å². The number of carbonyl (C=O) groups is 2. The third kappa shape index (κ3) is 4.12. The van der Waals surface area contributed by atoms with Gasteiger partial charge in [-0.2, -0.15) is 0 Å². The van der Waals surface area contributed by atoms with Gasteiger partial charge in [0, 0.05) is 55.2 Å². The van der Waals surface area contributed by atoms with Gasteiger partial charge in [-0.05, 0) is 25.0 Å². The lowest BCUT2D eigenvalue weighted by atomic mass is 9.95. The average molecular weight is 410 g/mol. The number of para-hydroxylation sites is 1. The van der Waals surface area contributed by atoms with E-state index < -0.39 is 0 Å². The average Bonchev–Trinajstić information content (AvgIpc) is 3.16. The van der Waals surface area contributed by atoms with E-state index in [0.717, 1.165) is 10.9 Å². The molecule has 1 aliphatic rings. The van der Waals surface area contributed by atoms with Crippen molar-refractivity contribution in [2.75, 3.05) is 20.1 Å². The van der Waals surface area contributed by atoms with Crippen LogP contribution in [0, 0.1) is 5.92 Å². The summed E-state index contributed by atoms with van der Waals surface area (Å²) in [5, 5.41) is 4.28. The van der Waals surface area contributed by atoms with Crippen molar-refractivity contribution in [1.82, 2.24) is 20.2 Å². The molecule has 8 heteroatoms. The van der Waals surface area contributed by atoms with Crippen LogP contribution in [0.2, 0.25) is 0 Å². The number of carbonyl (C=O) groups excluding carboxylic acids is 2. The molecule has 1 saturated heterocycles. The van der Waals surface area contributed by atoms with Gasteiger partial charge in [0.2, 0.25) is 5.91 Å². The first-order valence-corrected chi connectivity index (χ1v) is 10.6. The fourth-order valence-corrected chi connectivity index (χ4v) is 4.43. The molecule has 0 radical (unpaired) electrons. The number of hydrogen-bond donors (Lipinski definition) is 1. The molecule has 4 rings (SSSR count). The van der Waals surface area contributed by atoms with Gasteiger partial charge in [-0.1, -0.05) is 30.0 Å². The van der Waals surface area contributed by atoms with Crippen LogP contribution in [0.15, 0.2) is 52.3 Å². The normalized spacial score (nSPS) is 14.9. The van der Waals surface area contributed by atoms with Crippen LogP contribution in [0.5, 0.6) is 0 Å². The van der Waals surface area contributed by atoms with E-state index in [9.17, 15) is 9.59 Å². The first kappa shape index (κ1) is 19.4. The molecule has 0 bridgehead atoms. The summed E-state index contributed by atoms with van der Waals surface area (Å²) in [6, 6.07) is 9.45. The second-order valence-electron chi connectivity index (χ2n) is 6.91. The van der Waals surface area contributed by atoms with Gasteiger partial charge in [-0.15, -0.1) is 0 Å². The number of hydrogen-bond acceptors (Lipinski definition) is 6. The van der Waals surface area contributed by atoms with E-state index in [2.05, 4.69) is 15.3 Å². The molecular weight excluding hydrogens is 388 g/mol. The molecule has 0 saturated carbocycles. The van der Waals surface area contributed by atoms with Gasteiger partial charge in [0.05, 0.1) is 0 Å². The molecule has 0 aliphatic carbocycles. The molecule has 3 heterocycles. The highest BCUT2D eigenvalue weighted by Crippen LogP contribution is 2.32. The van der Waals surface area contributed by atoms with Crippen molar-refractivity contribution in [3.63, 3.8) is 0 Å². The number of piperidine rings is 1. The molecule has 1 fully saturated rings. The molecule has 0 atom stereocenters. The van der Waals surface area contributed by atoms with Crippen LogP contribution in [0.3, 0.4) is 0 Å². The molecule has 1 aliphatic heterocycles. The molecule has 29 heavy (non-hydrogen) atoms. The van der Waals surface area contributed by atoms with Crippen LogP contribution in [-0.4, -0.2) is 46.8 Å². The van der Waals surface area contributed by atoms with Gasteiger partial charge in [0.15, 0.2) is 10.9 Å². The SMILES string of the molecule is CNC(=O)C1CCN(C(=O)c2oc3ccccc3c2CSc2ncccn2)CC1. The number of amides is 2. The number of aromatic nitrogens is 2. The zero-order valence-electron chi connectivity index (χ0n) is 16.1. The number of furan rings is 1. The van der Waals surface area contributed by atoms with Crippen LogP contribution in [-0.2, 0) is 10.5 Å². The van der Waals surface area contributed by atoms with Gasteiger partial charge >= 0.3 is 0 Å². The molecule has 0 unspecified atom stereocenters. The smallest absolute Gasteiger partial charge is 0.289 e. The Kier molecular flexibility index (Phi) is 5.80. The van der Waals surface area contributed by atoms with E-state index in [4.69, 9.17) is 4.42 Å². The summed E-state index contributed by atoms with van der Waals surface area (Å²) in [7, 11) is 1.65. The minimum atomic E-state index is -0.124. The molecule has 1 N–H and O–H groups in total. The Bertz CT molecular complexity index is 1010. The second kappa shape index (κ2) is 8.65. The monoisotopic (exact) mass is 410 g/mol. The lowest BCUT2D eigenvalue weighted by molar-refractivity contribution is -0.125. The topological polar surface area (TPSA) is 88.3 Å². The van der Waals surface area contributed by atoms with Gasteiger partial charge < -0.3 is 14.6 Å². The van der Waals surface area contributed by atoms with E-state index in [-0.39, 0.29) is 17.7 Å². The molecule has 1 aromatic carbocycles. The maximum Gasteiger partial charge on any atom is 0.289 e. The first-order valence-electron chi connectivity index (χ1n) is 9.58. The first-order chi connectivity index (χ1) is 14.2. The maximum atomic E-state index is 13.2. The van der Waals surface area contributed by atoms with Crippen LogP contribution in [0.1, 0.15) is 29.0 Å². The van der Waals surface area contributed by atoms with Gasteiger partial charge in [-0.3, -0.25) is 9.59 Å². The molecular formula is C21H22N4O3S. The standard InChI is InChI=1S/C21H22N4O3S/c1-22-19(26)14-7-11-25(12-8-14)20(27)18-16(13-29-21-23-9-4-10-24-21)15-5-2-3-6-17(15)28-18/h2-6,9-10,14H,7-8,11-13H2,1H3,(H,22,26). The fourth-order valence-electron chi connectivity index (χ4n) is 3.60. The Balaban J connectivity index is 1.56. The molecule has 3 aromatic rings. The van der Waals surface area contributed by atoms with Crippen molar-refractivity contribution in [2.24, 2.45) is 5.92 Å². The van der Waals surface area contributed by atoms with E-state index in [1.54, 1.807) is 30.4 Å². The molecule has 2 aromatic heterocycles. The zero-order valence-corrected chi connectivity index (χ0v) is 16.9. The van der Waals surface area contributed by atoms with E-state index in [1.165, 1.54) is 11.8 Å². The molecule has 150 valence electrons. The van der Waals surface area contributed by atoms with Crippen molar-refractivity contribution in [3.05, 3.63) is 54.0 Å². The molecule has 2 amide bonds. The minimum absolute atomic E-state index is 0.0371. The molecule has 0 spiro atoms. The van der Waals surface area contributed by atoms with E-state index in [1.807, 2.05) is 24.3 Å². The fraction of sp³-hybridized carbons (Fsp3) is 0.333. The Morgan fingerprint density at radius 3 is 2.62 bits per heavy atom. The van der Waals surface area contributed by atoms with Gasteiger partial charge in [-0.25, -0.2) is 9.97 Å². The summed E-state index contributed by atoms with van der Waals surface area (Å²) < 4.78 is 5.97. The lowest BCUT2D eigenvalue weighted by Crippen LogP contribution is -2.42. The Hall–Kier alpha value is -2.87. The predicted molar refractivity (Wildman–Crippen MR) is 111 cm³/mol. The third-order valence-corrected chi connectivity index (χ3v) is 6.08. The number of thioether (sulfide) groups is 1.